The zero-order chi connectivity index (χ0) is 13.5. The Morgan fingerprint density at radius 1 is 1.18 bits per heavy atom. The van der Waals surface area contributed by atoms with Crippen LogP contribution in [-0.4, -0.2) is 31.6 Å². The maximum Gasteiger partial charge on any atom is 0.214 e. The highest BCUT2D eigenvalue weighted by molar-refractivity contribution is 7.89. The summed E-state index contributed by atoms with van der Waals surface area (Å²) in [6.07, 6.45) is 0.928. The van der Waals surface area contributed by atoms with Crippen LogP contribution in [0.2, 0.25) is 0 Å². The summed E-state index contributed by atoms with van der Waals surface area (Å²) >= 11 is 0. The van der Waals surface area contributed by atoms with E-state index in [1.807, 2.05) is 33.8 Å². The highest BCUT2D eigenvalue weighted by Gasteiger charge is 2.22. The lowest BCUT2D eigenvalue weighted by Gasteiger charge is -2.23. The highest BCUT2D eigenvalue weighted by Crippen LogP contribution is 2.11. The van der Waals surface area contributed by atoms with Crippen LogP contribution in [0.5, 0.6) is 0 Å². The molecule has 0 saturated heterocycles. The zero-order valence-electron chi connectivity index (χ0n) is 11.3. The highest BCUT2D eigenvalue weighted by atomic mass is 32.2. The van der Waals surface area contributed by atoms with Gasteiger partial charge in [0.1, 0.15) is 0 Å². The molecule has 0 heterocycles. The van der Waals surface area contributed by atoms with Crippen LogP contribution in [0.3, 0.4) is 0 Å². The number of rotatable bonds is 8. The van der Waals surface area contributed by atoms with Crippen LogP contribution in [0.1, 0.15) is 40.5 Å². The van der Waals surface area contributed by atoms with Crippen molar-refractivity contribution in [1.82, 2.24) is 4.31 Å². The molecule has 0 atom stereocenters. The largest absolute Gasteiger partial charge is 0.214 e. The third kappa shape index (κ3) is 7.35. The number of hydrogen-bond acceptors (Lipinski definition) is 3. The quantitative estimate of drug-likeness (QED) is 0.672. The molecule has 5 heteroatoms. The van der Waals surface area contributed by atoms with E-state index in [0.717, 1.165) is 0 Å². The summed E-state index contributed by atoms with van der Waals surface area (Å²) < 4.78 is 25.6. The Hall–Kier alpha value is -0.600. The van der Waals surface area contributed by atoms with Gasteiger partial charge in [-0.25, -0.2) is 12.7 Å². The lowest BCUT2D eigenvalue weighted by Crippen LogP contribution is -2.36. The molecule has 0 saturated carbocycles. The Labute approximate surface area is 106 Å². The topological polar surface area (TPSA) is 61.2 Å². The molecule has 0 radical (unpaired) electrons. The molecule has 0 aromatic rings. The van der Waals surface area contributed by atoms with Gasteiger partial charge in [-0.1, -0.05) is 27.7 Å². The number of nitrogens with zero attached hydrogens (tertiary/aromatic N) is 2. The van der Waals surface area contributed by atoms with Gasteiger partial charge in [-0.15, -0.1) is 0 Å². The van der Waals surface area contributed by atoms with Crippen LogP contribution in [0.4, 0.5) is 0 Å². The molecule has 0 spiro atoms. The van der Waals surface area contributed by atoms with Gasteiger partial charge in [0.15, 0.2) is 0 Å². The van der Waals surface area contributed by atoms with Gasteiger partial charge in [0.25, 0.3) is 0 Å². The van der Waals surface area contributed by atoms with Crippen LogP contribution in [0, 0.1) is 23.2 Å². The molecule has 0 amide bonds. The molecule has 4 nitrogen and oxygen atoms in total. The van der Waals surface area contributed by atoms with Crippen LogP contribution in [-0.2, 0) is 10.0 Å². The van der Waals surface area contributed by atoms with Crippen molar-refractivity contribution < 1.29 is 8.42 Å². The Bertz CT molecular complexity index is 342. The van der Waals surface area contributed by atoms with Crippen molar-refractivity contribution in [3.63, 3.8) is 0 Å². The van der Waals surface area contributed by atoms with Gasteiger partial charge in [0, 0.05) is 19.5 Å². The second kappa shape index (κ2) is 7.67. The lowest BCUT2D eigenvalue weighted by molar-refractivity contribution is 0.371. The monoisotopic (exact) mass is 260 g/mol. The lowest BCUT2D eigenvalue weighted by atomic mass is 10.2. The van der Waals surface area contributed by atoms with Crippen molar-refractivity contribution in [2.75, 3.05) is 18.8 Å². The van der Waals surface area contributed by atoms with Gasteiger partial charge in [-0.3, -0.25) is 0 Å². The van der Waals surface area contributed by atoms with Crippen LogP contribution < -0.4 is 0 Å². The van der Waals surface area contributed by atoms with Crippen molar-refractivity contribution in [2.45, 2.75) is 40.5 Å². The average molecular weight is 260 g/mol. The van der Waals surface area contributed by atoms with E-state index in [-0.39, 0.29) is 18.1 Å². The molecule has 0 aromatic heterocycles. The van der Waals surface area contributed by atoms with Crippen molar-refractivity contribution >= 4 is 10.0 Å². The third-order valence-corrected chi connectivity index (χ3v) is 4.26. The minimum atomic E-state index is -3.20. The van der Waals surface area contributed by atoms with E-state index in [2.05, 4.69) is 0 Å². The second-order valence-corrected chi connectivity index (χ2v) is 7.25. The van der Waals surface area contributed by atoms with E-state index >= 15 is 0 Å². The van der Waals surface area contributed by atoms with Gasteiger partial charge in [-0.05, 0) is 18.3 Å². The summed E-state index contributed by atoms with van der Waals surface area (Å²) in [6, 6.07) is 2.00. The molecule has 0 aliphatic carbocycles. The average Bonchev–Trinajstić information content (AvgIpc) is 2.21. The molecule has 0 rings (SSSR count). The standard InChI is InChI=1S/C12H24N2O2S/c1-11(2)6-9-17(15,16)14(8-5-7-13)10-12(3)4/h11-12H,5-6,8-10H2,1-4H3. The molecule has 17 heavy (non-hydrogen) atoms. The molecule has 0 N–H and O–H groups in total. The van der Waals surface area contributed by atoms with E-state index in [0.29, 0.717) is 25.4 Å². The summed E-state index contributed by atoms with van der Waals surface area (Å²) in [7, 11) is -3.20. The van der Waals surface area contributed by atoms with Crippen molar-refractivity contribution in [3.8, 4) is 6.07 Å². The SMILES string of the molecule is CC(C)CCS(=O)(=O)N(CCC#N)CC(C)C. The molecule has 0 fully saturated rings. The summed E-state index contributed by atoms with van der Waals surface area (Å²) in [5.41, 5.74) is 0. The number of sulfonamides is 1. The predicted molar refractivity (Wildman–Crippen MR) is 69.9 cm³/mol. The summed E-state index contributed by atoms with van der Waals surface area (Å²) in [6.45, 7) is 8.81. The third-order valence-electron chi connectivity index (χ3n) is 2.39. The fourth-order valence-corrected chi connectivity index (χ4v) is 3.36. The summed E-state index contributed by atoms with van der Waals surface area (Å²) in [5.74, 6) is 0.840. The van der Waals surface area contributed by atoms with Crippen molar-refractivity contribution in [1.29, 1.82) is 5.26 Å². The Morgan fingerprint density at radius 2 is 1.76 bits per heavy atom. The molecule has 0 aliphatic heterocycles. The van der Waals surface area contributed by atoms with E-state index in [1.165, 1.54) is 4.31 Å². The predicted octanol–water partition coefficient (Wildman–Crippen LogP) is 2.23. The first kappa shape index (κ1) is 16.4. The first-order chi connectivity index (χ1) is 7.79. The second-order valence-electron chi connectivity index (χ2n) is 5.16. The Morgan fingerprint density at radius 3 is 2.18 bits per heavy atom. The first-order valence-electron chi connectivity index (χ1n) is 6.14. The maximum absolute atomic E-state index is 12.1. The van der Waals surface area contributed by atoms with Crippen LogP contribution in [0.15, 0.2) is 0 Å². The minimum Gasteiger partial charge on any atom is -0.212 e. The fraction of sp³-hybridized carbons (Fsp3) is 0.917. The Balaban J connectivity index is 4.59. The number of nitriles is 1. The smallest absolute Gasteiger partial charge is 0.212 e. The molecular formula is C12H24N2O2S. The van der Waals surface area contributed by atoms with Crippen molar-refractivity contribution in [2.24, 2.45) is 11.8 Å². The molecule has 0 aromatic carbocycles. The van der Waals surface area contributed by atoms with Crippen LogP contribution in [0.25, 0.3) is 0 Å². The van der Waals surface area contributed by atoms with Gasteiger partial charge >= 0.3 is 0 Å². The molecule has 0 aliphatic rings. The summed E-state index contributed by atoms with van der Waals surface area (Å²) in [4.78, 5) is 0. The van der Waals surface area contributed by atoms with Gasteiger partial charge in [-0.2, -0.15) is 5.26 Å². The van der Waals surface area contributed by atoms with E-state index in [9.17, 15) is 8.42 Å². The first-order valence-corrected chi connectivity index (χ1v) is 7.75. The molecular weight excluding hydrogens is 236 g/mol. The van der Waals surface area contributed by atoms with Crippen LogP contribution >= 0.6 is 0 Å². The number of hydrogen-bond donors (Lipinski definition) is 0. The fourth-order valence-electron chi connectivity index (χ4n) is 1.44. The van der Waals surface area contributed by atoms with Gasteiger partial charge < -0.3 is 0 Å². The van der Waals surface area contributed by atoms with Gasteiger partial charge in [0.05, 0.1) is 11.8 Å². The summed E-state index contributed by atoms with van der Waals surface area (Å²) in [5, 5.41) is 8.56. The molecule has 100 valence electrons. The molecule has 0 unspecified atom stereocenters. The van der Waals surface area contributed by atoms with E-state index in [1.54, 1.807) is 0 Å². The normalized spacial score (nSPS) is 12.4. The molecule has 0 bridgehead atoms. The zero-order valence-corrected chi connectivity index (χ0v) is 12.1. The van der Waals surface area contributed by atoms with Gasteiger partial charge in [0.2, 0.25) is 10.0 Å². The minimum absolute atomic E-state index is 0.183. The van der Waals surface area contributed by atoms with E-state index < -0.39 is 10.0 Å². The van der Waals surface area contributed by atoms with E-state index in [4.69, 9.17) is 5.26 Å². The Kier molecular flexibility index (Phi) is 7.40. The van der Waals surface area contributed by atoms with Crippen molar-refractivity contribution in [3.05, 3.63) is 0 Å². The maximum atomic E-state index is 12.1.